The topological polar surface area (TPSA) is 60.5 Å². The molecule has 1 aromatic heterocycles. The van der Waals surface area contributed by atoms with Crippen molar-refractivity contribution in [3.05, 3.63) is 16.1 Å². The van der Waals surface area contributed by atoms with Gasteiger partial charge in [0.2, 0.25) is 0 Å². The average Bonchev–Trinajstić information content (AvgIpc) is 3.17. The molecule has 6 heteroatoms. The molecule has 0 radical (unpaired) electrons. The van der Waals surface area contributed by atoms with Crippen molar-refractivity contribution in [1.82, 2.24) is 10.3 Å². The van der Waals surface area contributed by atoms with Crippen LogP contribution in [0.2, 0.25) is 0 Å². The van der Waals surface area contributed by atoms with E-state index in [9.17, 15) is 4.79 Å². The van der Waals surface area contributed by atoms with Crippen LogP contribution in [0.3, 0.4) is 0 Å². The van der Waals surface area contributed by atoms with Gasteiger partial charge in [0.1, 0.15) is 0 Å². The molecule has 0 bridgehead atoms. The molecule has 5 nitrogen and oxygen atoms in total. The van der Waals surface area contributed by atoms with E-state index in [1.54, 1.807) is 11.3 Å². The number of carbonyl (C=O) groups excluding carboxylic acids is 1. The van der Waals surface area contributed by atoms with Crippen molar-refractivity contribution >= 4 is 17.2 Å². The second kappa shape index (κ2) is 5.56. The summed E-state index contributed by atoms with van der Waals surface area (Å²) < 4.78 is 10.6. The first-order valence-electron chi connectivity index (χ1n) is 6.69. The molecule has 2 aliphatic rings. The van der Waals surface area contributed by atoms with E-state index in [-0.39, 0.29) is 11.9 Å². The van der Waals surface area contributed by atoms with Crippen LogP contribution in [-0.2, 0) is 14.3 Å². The minimum absolute atomic E-state index is 0.0817. The maximum atomic E-state index is 12.0. The van der Waals surface area contributed by atoms with Gasteiger partial charge >= 0.3 is 0 Å². The third kappa shape index (κ3) is 3.13. The lowest BCUT2D eigenvalue weighted by Crippen LogP contribution is -2.43. The predicted octanol–water partition coefficient (Wildman–Crippen LogP) is 1.61. The Morgan fingerprint density at radius 3 is 3.05 bits per heavy atom. The zero-order valence-corrected chi connectivity index (χ0v) is 11.7. The van der Waals surface area contributed by atoms with Gasteiger partial charge in [-0.15, -0.1) is 11.3 Å². The van der Waals surface area contributed by atoms with Crippen LogP contribution in [0, 0.1) is 0 Å². The summed E-state index contributed by atoms with van der Waals surface area (Å²) in [5, 5.41) is 6.18. The number of amides is 1. The smallest absolute Gasteiger partial charge is 0.252 e. The normalized spacial score (nSPS) is 25.0. The van der Waals surface area contributed by atoms with Crippen molar-refractivity contribution in [1.29, 1.82) is 0 Å². The van der Waals surface area contributed by atoms with E-state index in [1.807, 2.05) is 12.3 Å². The highest BCUT2D eigenvalue weighted by Crippen LogP contribution is 2.41. The Morgan fingerprint density at radius 1 is 1.53 bits per heavy atom. The quantitative estimate of drug-likeness (QED) is 0.911. The van der Waals surface area contributed by atoms with Gasteiger partial charge in [-0.3, -0.25) is 4.79 Å². The van der Waals surface area contributed by atoms with Crippen molar-refractivity contribution in [2.24, 2.45) is 0 Å². The van der Waals surface area contributed by atoms with Crippen LogP contribution >= 0.6 is 11.3 Å². The summed E-state index contributed by atoms with van der Waals surface area (Å²) in [6.07, 6.45) is 2.01. The second-order valence-electron chi connectivity index (χ2n) is 5.05. The Hall–Kier alpha value is -0.980. The largest absolute Gasteiger partial charge is 0.376 e. The van der Waals surface area contributed by atoms with Crippen LogP contribution in [0.5, 0.6) is 0 Å². The van der Waals surface area contributed by atoms with Crippen molar-refractivity contribution in [3.8, 4) is 0 Å². The van der Waals surface area contributed by atoms with Crippen LogP contribution in [0.15, 0.2) is 5.38 Å². The molecule has 1 aliphatic heterocycles. The van der Waals surface area contributed by atoms with Crippen molar-refractivity contribution in [2.45, 2.75) is 37.8 Å². The summed E-state index contributed by atoms with van der Waals surface area (Å²) in [7, 11) is 0. The maximum Gasteiger partial charge on any atom is 0.252 e. The summed E-state index contributed by atoms with van der Waals surface area (Å²) in [5.74, 6) is 0.546. The molecule has 1 aromatic rings. The molecular weight excluding hydrogens is 264 g/mol. The van der Waals surface area contributed by atoms with Crippen LogP contribution in [-0.4, -0.2) is 36.8 Å². The minimum atomic E-state index is -0.488. The number of hydrogen-bond donors (Lipinski definition) is 1. The number of nitrogens with one attached hydrogen (secondary N) is 1. The molecule has 3 rings (SSSR count). The molecule has 2 heterocycles. The fraction of sp³-hybridized carbons (Fsp3) is 0.692. The molecule has 0 spiro atoms. The third-order valence-corrected chi connectivity index (χ3v) is 4.40. The molecule has 19 heavy (non-hydrogen) atoms. The van der Waals surface area contributed by atoms with Crippen molar-refractivity contribution < 1.29 is 14.3 Å². The highest BCUT2D eigenvalue weighted by atomic mass is 32.1. The molecular formula is C13H18N2O3S. The summed E-state index contributed by atoms with van der Waals surface area (Å²) in [6.45, 7) is 3.33. The van der Waals surface area contributed by atoms with E-state index in [2.05, 4.69) is 10.3 Å². The van der Waals surface area contributed by atoms with Crippen LogP contribution in [0.25, 0.3) is 0 Å². The van der Waals surface area contributed by atoms with Gasteiger partial charge in [0.15, 0.2) is 6.10 Å². The zero-order chi connectivity index (χ0) is 13.2. The predicted molar refractivity (Wildman–Crippen MR) is 71.2 cm³/mol. The molecule has 2 fully saturated rings. The monoisotopic (exact) mass is 282 g/mol. The summed E-state index contributed by atoms with van der Waals surface area (Å²) >= 11 is 1.69. The molecule has 1 saturated carbocycles. The number of rotatable bonds is 4. The van der Waals surface area contributed by atoms with Gasteiger partial charge in [0.05, 0.1) is 36.6 Å². The second-order valence-corrected chi connectivity index (χ2v) is 5.94. The average molecular weight is 282 g/mol. The molecule has 2 atom stereocenters. The van der Waals surface area contributed by atoms with E-state index in [1.165, 1.54) is 17.8 Å². The molecule has 1 amide bonds. The number of nitrogens with zero attached hydrogens (tertiary/aromatic N) is 1. The first kappa shape index (κ1) is 13.0. The number of carbonyl (C=O) groups is 1. The maximum absolute atomic E-state index is 12.0. The fourth-order valence-electron chi connectivity index (χ4n) is 2.04. The standard InChI is InChI=1S/C13H18N2O3S/c1-8(10-7-19-13(15-10)9-2-3-9)14-12(16)11-6-17-4-5-18-11/h7-9,11H,2-6H2,1H3,(H,14,16)/t8-,11+/m0/s1. The summed E-state index contributed by atoms with van der Waals surface area (Å²) in [4.78, 5) is 16.6. The zero-order valence-electron chi connectivity index (χ0n) is 10.9. The van der Waals surface area contributed by atoms with E-state index >= 15 is 0 Å². The fourth-order valence-corrected chi connectivity index (χ4v) is 3.12. The Balaban J connectivity index is 1.56. The summed E-state index contributed by atoms with van der Waals surface area (Å²) in [6, 6.07) is -0.0817. The van der Waals surface area contributed by atoms with Gasteiger partial charge in [-0.25, -0.2) is 4.98 Å². The molecule has 0 aromatic carbocycles. The SMILES string of the molecule is C[C@H](NC(=O)[C@H]1COCCO1)c1csc(C2CC2)n1. The van der Waals surface area contributed by atoms with Gasteiger partial charge in [0.25, 0.3) is 5.91 Å². The van der Waals surface area contributed by atoms with Gasteiger partial charge in [-0.2, -0.15) is 0 Å². The Kier molecular flexibility index (Phi) is 3.81. The highest BCUT2D eigenvalue weighted by Gasteiger charge is 2.28. The molecule has 1 aliphatic carbocycles. The molecule has 1 N–H and O–H groups in total. The lowest BCUT2D eigenvalue weighted by molar-refractivity contribution is -0.148. The van der Waals surface area contributed by atoms with Gasteiger partial charge in [-0.05, 0) is 19.8 Å². The number of hydrogen-bond acceptors (Lipinski definition) is 5. The van der Waals surface area contributed by atoms with E-state index < -0.39 is 6.10 Å². The first-order valence-corrected chi connectivity index (χ1v) is 7.57. The van der Waals surface area contributed by atoms with Crippen LogP contribution in [0.4, 0.5) is 0 Å². The first-order chi connectivity index (χ1) is 9.24. The number of aromatic nitrogens is 1. The number of ether oxygens (including phenoxy) is 2. The molecule has 104 valence electrons. The van der Waals surface area contributed by atoms with Crippen LogP contribution < -0.4 is 5.32 Å². The van der Waals surface area contributed by atoms with Crippen molar-refractivity contribution in [2.75, 3.05) is 19.8 Å². The summed E-state index contributed by atoms with van der Waals surface area (Å²) in [5.41, 5.74) is 0.942. The Labute approximate surface area is 116 Å². The van der Waals surface area contributed by atoms with Gasteiger partial charge < -0.3 is 14.8 Å². The van der Waals surface area contributed by atoms with E-state index in [4.69, 9.17) is 9.47 Å². The highest BCUT2D eigenvalue weighted by molar-refractivity contribution is 7.09. The van der Waals surface area contributed by atoms with E-state index in [0.717, 1.165) is 5.69 Å². The lowest BCUT2D eigenvalue weighted by atomic mass is 10.2. The molecule has 0 unspecified atom stereocenters. The van der Waals surface area contributed by atoms with Gasteiger partial charge in [0, 0.05) is 11.3 Å². The number of thiazole rings is 1. The van der Waals surface area contributed by atoms with Gasteiger partial charge in [-0.1, -0.05) is 0 Å². The van der Waals surface area contributed by atoms with E-state index in [0.29, 0.717) is 25.7 Å². The molecule has 1 saturated heterocycles. The van der Waals surface area contributed by atoms with Crippen LogP contribution in [0.1, 0.15) is 42.4 Å². The lowest BCUT2D eigenvalue weighted by Gasteiger charge is -2.23. The Bertz CT molecular complexity index is 452. The Morgan fingerprint density at radius 2 is 2.37 bits per heavy atom. The van der Waals surface area contributed by atoms with Crippen molar-refractivity contribution in [3.63, 3.8) is 0 Å². The third-order valence-electron chi connectivity index (χ3n) is 3.38. The minimum Gasteiger partial charge on any atom is -0.376 e.